The van der Waals surface area contributed by atoms with Crippen LogP contribution < -0.4 is 10.1 Å². The second-order valence-corrected chi connectivity index (χ2v) is 4.65. The second kappa shape index (κ2) is 5.03. The quantitative estimate of drug-likeness (QED) is 0.387. The van der Waals surface area contributed by atoms with Crippen molar-refractivity contribution in [2.45, 2.75) is 19.8 Å². The largest absolute Gasteiger partial charge is 0.426 e. The van der Waals surface area contributed by atoms with Crippen LogP contribution in [0.15, 0.2) is 12.1 Å². The molecule has 5 heteroatoms. The number of alkyl halides is 1. The van der Waals surface area contributed by atoms with Gasteiger partial charge in [0, 0.05) is 12.0 Å². The highest BCUT2D eigenvalue weighted by Crippen LogP contribution is 2.34. The summed E-state index contributed by atoms with van der Waals surface area (Å²) in [7, 11) is 0. The van der Waals surface area contributed by atoms with E-state index >= 15 is 0 Å². The summed E-state index contributed by atoms with van der Waals surface area (Å²) in [6, 6.07) is 3.64. The number of carbonyl (C=O) groups excluding carboxylic acids is 2. The lowest BCUT2D eigenvalue weighted by Gasteiger charge is -2.21. The first-order chi connectivity index (χ1) is 8.11. The molecule has 0 unspecified atom stereocenters. The van der Waals surface area contributed by atoms with E-state index in [9.17, 15) is 9.59 Å². The summed E-state index contributed by atoms with van der Waals surface area (Å²) >= 11 is 1.96. The Balaban J connectivity index is 2.39. The molecule has 1 aliphatic rings. The maximum Gasteiger partial charge on any atom is 0.321 e. The fraction of sp³-hybridized carbons (Fsp3) is 0.333. The van der Waals surface area contributed by atoms with Gasteiger partial charge in [0.05, 0.1) is 10.1 Å². The molecule has 1 aromatic carbocycles. The number of fused-ring (bicyclic) bond motifs is 1. The normalized spacial score (nSPS) is 13.9. The lowest BCUT2D eigenvalue weighted by molar-refractivity contribution is -0.131. The molecule has 0 saturated carbocycles. The Morgan fingerprint density at radius 2 is 2.24 bits per heavy atom. The van der Waals surface area contributed by atoms with E-state index in [4.69, 9.17) is 4.74 Å². The molecular weight excluding hydrogens is 333 g/mol. The molecule has 0 spiro atoms. The predicted octanol–water partition coefficient (Wildman–Crippen LogP) is 2.22. The third kappa shape index (κ3) is 2.59. The highest BCUT2D eigenvalue weighted by molar-refractivity contribution is 14.1. The van der Waals surface area contributed by atoms with Crippen molar-refractivity contribution in [3.05, 3.63) is 23.3 Å². The van der Waals surface area contributed by atoms with Crippen molar-refractivity contribution in [2.75, 3.05) is 9.74 Å². The number of carbonyl (C=O) groups is 2. The van der Waals surface area contributed by atoms with E-state index in [1.807, 2.05) is 35.6 Å². The standard InChI is InChI=1S/C12H12INO3/c1-7-2-4-9(17-11(16)6-13)8-3-5-10(15)14-12(7)8/h2,4H,3,5-6H2,1H3,(H,14,15). The average molecular weight is 345 g/mol. The molecule has 2 rings (SSSR count). The van der Waals surface area contributed by atoms with Gasteiger partial charge in [0.1, 0.15) is 5.75 Å². The molecule has 4 nitrogen and oxygen atoms in total. The smallest absolute Gasteiger partial charge is 0.321 e. The van der Waals surface area contributed by atoms with Gasteiger partial charge in [0.15, 0.2) is 0 Å². The van der Waals surface area contributed by atoms with Gasteiger partial charge >= 0.3 is 5.97 Å². The number of ether oxygens (including phenoxy) is 1. The van der Waals surface area contributed by atoms with Crippen LogP contribution in [0.25, 0.3) is 0 Å². The van der Waals surface area contributed by atoms with Gasteiger partial charge in [-0.05, 0) is 25.0 Å². The zero-order valence-electron chi connectivity index (χ0n) is 9.38. The summed E-state index contributed by atoms with van der Waals surface area (Å²) in [5.74, 6) is 0.304. The van der Waals surface area contributed by atoms with Crippen molar-refractivity contribution < 1.29 is 14.3 Å². The zero-order valence-corrected chi connectivity index (χ0v) is 11.5. The highest BCUT2D eigenvalue weighted by Gasteiger charge is 2.21. The number of benzene rings is 1. The Labute approximate surface area is 113 Å². The van der Waals surface area contributed by atoms with Crippen LogP contribution in [-0.2, 0) is 16.0 Å². The Kier molecular flexibility index (Phi) is 3.66. The van der Waals surface area contributed by atoms with Crippen molar-refractivity contribution >= 4 is 40.2 Å². The summed E-state index contributed by atoms with van der Waals surface area (Å²) < 4.78 is 5.57. The topological polar surface area (TPSA) is 55.4 Å². The van der Waals surface area contributed by atoms with E-state index < -0.39 is 0 Å². The first-order valence-electron chi connectivity index (χ1n) is 5.31. The molecule has 90 valence electrons. The van der Waals surface area contributed by atoms with Crippen LogP contribution >= 0.6 is 22.6 Å². The summed E-state index contributed by atoms with van der Waals surface area (Å²) in [6.07, 6.45) is 1.05. The summed E-state index contributed by atoms with van der Waals surface area (Å²) in [5.41, 5.74) is 2.70. The van der Waals surface area contributed by atoms with Crippen LogP contribution in [-0.4, -0.2) is 16.3 Å². The van der Waals surface area contributed by atoms with Gasteiger partial charge in [-0.2, -0.15) is 0 Å². The summed E-state index contributed by atoms with van der Waals surface area (Å²) in [4.78, 5) is 22.6. The Hall–Kier alpha value is -1.11. The third-order valence-electron chi connectivity index (χ3n) is 2.68. The number of aryl methyl sites for hydroxylation is 1. The molecule has 0 saturated heterocycles. The first-order valence-corrected chi connectivity index (χ1v) is 6.83. The average Bonchev–Trinajstić information content (AvgIpc) is 2.33. The Morgan fingerprint density at radius 3 is 2.94 bits per heavy atom. The number of nitrogens with one attached hydrogen (secondary N) is 1. The molecule has 0 bridgehead atoms. The van der Waals surface area contributed by atoms with Crippen LogP contribution in [0.4, 0.5) is 5.69 Å². The molecule has 1 aliphatic heterocycles. The number of esters is 1. The monoisotopic (exact) mass is 345 g/mol. The third-order valence-corrected chi connectivity index (χ3v) is 3.30. The maximum absolute atomic E-state index is 11.3. The van der Waals surface area contributed by atoms with Crippen LogP contribution in [0.3, 0.4) is 0 Å². The summed E-state index contributed by atoms with van der Waals surface area (Å²) in [6.45, 7) is 1.92. The first kappa shape index (κ1) is 12.3. The molecule has 1 aromatic rings. The molecular formula is C12H12INO3. The van der Waals surface area contributed by atoms with Crippen molar-refractivity contribution in [2.24, 2.45) is 0 Å². The van der Waals surface area contributed by atoms with Crippen LogP contribution in [0, 0.1) is 6.92 Å². The molecule has 1 heterocycles. The lowest BCUT2D eigenvalue weighted by Crippen LogP contribution is -2.21. The van der Waals surface area contributed by atoms with Gasteiger partial charge < -0.3 is 10.1 Å². The fourth-order valence-corrected chi connectivity index (χ4v) is 2.01. The van der Waals surface area contributed by atoms with E-state index in [0.29, 0.717) is 23.0 Å². The van der Waals surface area contributed by atoms with E-state index in [0.717, 1.165) is 16.8 Å². The number of amides is 1. The molecule has 0 aromatic heterocycles. The minimum Gasteiger partial charge on any atom is -0.426 e. The van der Waals surface area contributed by atoms with E-state index in [1.165, 1.54) is 0 Å². The number of rotatable bonds is 2. The predicted molar refractivity (Wildman–Crippen MR) is 72.7 cm³/mol. The maximum atomic E-state index is 11.3. The van der Waals surface area contributed by atoms with E-state index in [2.05, 4.69) is 5.32 Å². The van der Waals surface area contributed by atoms with Gasteiger partial charge in [-0.3, -0.25) is 9.59 Å². The minimum atomic E-state index is -0.270. The second-order valence-electron chi connectivity index (χ2n) is 3.89. The molecule has 0 atom stereocenters. The lowest BCUT2D eigenvalue weighted by atomic mass is 9.98. The van der Waals surface area contributed by atoms with Gasteiger partial charge in [-0.15, -0.1) is 0 Å². The van der Waals surface area contributed by atoms with Gasteiger partial charge in [-0.1, -0.05) is 28.7 Å². The number of hydrogen-bond donors (Lipinski definition) is 1. The van der Waals surface area contributed by atoms with E-state index in [1.54, 1.807) is 6.07 Å². The number of hydrogen-bond acceptors (Lipinski definition) is 3. The minimum absolute atomic E-state index is 0.0120. The van der Waals surface area contributed by atoms with Crippen molar-refractivity contribution in [1.29, 1.82) is 0 Å². The van der Waals surface area contributed by atoms with Crippen LogP contribution in [0.5, 0.6) is 5.75 Å². The SMILES string of the molecule is Cc1ccc(OC(=O)CI)c2c1NC(=O)CC2. The zero-order chi connectivity index (χ0) is 12.4. The molecule has 1 amide bonds. The van der Waals surface area contributed by atoms with Crippen molar-refractivity contribution in [1.82, 2.24) is 0 Å². The fourth-order valence-electron chi connectivity index (χ4n) is 1.85. The molecule has 0 fully saturated rings. The number of halogens is 1. The number of anilines is 1. The summed E-state index contributed by atoms with van der Waals surface area (Å²) in [5, 5.41) is 2.83. The highest BCUT2D eigenvalue weighted by atomic mass is 127. The van der Waals surface area contributed by atoms with Crippen molar-refractivity contribution in [3.63, 3.8) is 0 Å². The van der Waals surface area contributed by atoms with Gasteiger partial charge in [0.25, 0.3) is 0 Å². The van der Waals surface area contributed by atoms with Crippen molar-refractivity contribution in [3.8, 4) is 5.75 Å². The molecule has 0 aliphatic carbocycles. The van der Waals surface area contributed by atoms with Gasteiger partial charge in [0.2, 0.25) is 5.91 Å². The molecule has 1 N–H and O–H groups in total. The van der Waals surface area contributed by atoms with Gasteiger partial charge in [-0.25, -0.2) is 0 Å². The molecule has 17 heavy (non-hydrogen) atoms. The Bertz CT molecular complexity index is 485. The van der Waals surface area contributed by atoms with Crippen LogP contribution in [0.2, 0.25) is 0 Å². The van der Waals surface area contributed by atoms with Crippen LogP contribution in [0.1, 0.15) is 17.5 Å². The van der Waals surface area contributed by atoms with E-state index in [-0.39, 0.29) is 11.9 Å². The Morgan fingerprint density at radius 1 is 1.47 bits per heavy atom. The molecule has 0 radical (unpaired) electrons.